The molecule has 0 radical (unpaired) electrons. The van der Waals surface area contributed by atoms with Crippen molar-refractivity contribution in [1.29, 1.82) is 0 Å². The van der Waals surface area contributed by atoms with Gasteiger partial charge in [-0.3, -0.25) is 9.59 Å². The zero-order valence-electron chi connectivity index (χ0n) is 17.0. The molecule has 6 nitrogen and oxygen atoms in total. The summed E-state index contributed by atoms with van der Waals surface area (Å²) < 4.78 is 5.57. The van der Waals surface area contributed by atoms with Crippen molar-refractivity contribution in [2.24, 2.45) is 5.41 Å². The molecule has 0 atom stereocenters. The number of carbonyl (C=O) groups is 2. The lowest BCUT2D eigenvalue weighted by Gasteiger charge is -2.18. The Kier molecular flexibility index (Phi) is 7.44. The van der Waals surface area contributed by atoms with Crippen LogP contribution in [0.5, 0.6) is 5.75 Å². The van der Waals surface area contributed by atoms with Gasteiger partial charge in [0.1, 0.15) is 5.75 Å². The van der Waals surface area contributed by atoms with Gasteiger partial charge in [-0.25, -0.2) is 0 Å². The van der Waals surface area contributed by atoms with Gasteiger partial charge in [-0.15, -0.1) is 0 Å². The molecule has 0 unspecified atom stereocenters. The lowest BCUT2D eigenvalue weighted by Crippen LogP contribution is -2.27. The summed E-state index contributed by atoms with van der Waals surface area (Å²) in [6, 6.07) is 14.6. The van der Waals surface area contributed by atoms with Crippen LogP contribution in [0.3, 0.4) is 0 Å². The van der Waals surface area contributed by atoms with Crippen LogP contribution >= 0.6 is 0 Å². The van der Waals surface area contributed by atoms with Crippen LogP contribution in [0.2, 0.25) is 0 Å². The van der Waals surface area contributed by atoms with Gasteiger partial charge in [-0.2, -0.15) is 0 Å². The molecule has 28 heavy (non-hydrogen) atoms. The van der Waals surface area contributed by atoms with Crippen molar-refractivity contribution >= 4 is 28.9 Å². The van der Waals surface area contributed by atoms with E-state index in [-0.39, 0.29) is 18.4 Å². The van der Waals surface area contributed by atoms with Crippen LogP contribution in [0.25, 0.3) is 0 Å². The maximum Gasteiger partial charge on any atom is 0.243 e. The molecular formula is C22H29N3O3. The van der Waals surface area contributed by atoms with Crippen LogP contribution < -0.4 is 20.7 Å². The summed E-state index contributed by atoms with van der Waals surface area (Å²) in [4.78, 5) is 24.3. The molecule has 3 N–H and O–H groups in total. The highest BCUT2D eigenvalue weighted by atomic mass is 16.5. The summed E-state index contributed by atoms with van der Waals surface area (Å²) in [5, 5.41) is 8.80. The van der Waals surface area contributed by atoms with Crippen molar-refractivity contribution in [3.63, 3.8) is 0 Å². The first-order valence-electron chi connectivity index (χ1n) is 9.46. The first-order chi connectivity index (χ1) is 13.3. The SMILES string of the molecule is CCCOc1cccc(NC(=O)CNc2cccc(NC(=O)C(C)(C)C)c2)c1. The Morgan fingerprint density at radius 1 is 0.929 bits per heavy atom. The van der Waals surface area contributed by atoms with Gasteiger partial charge in [0, 0.05) is 28.5 Å². The fraction of sp³-hybridized carbons (Fsp3) is 0.364. The third-order valence-electron chi connectivity index (χ3n) is 3.85. The number of hydrogen-bond donors (Lipinski definition) is 3. The number of benzene rings is 2. The summed E-state index contributed by atoms with van der Waals surface area (Å²) in [6.07, 6.45) is 0.926. The van der Waals surface area contributed by atoms with Crippen LogP contribution in [0.15, 0.2) is 48.5 Å². The minimum absolute atomic E-state index is 0.0624. The van der Waals surface area contributed by atoms with Crippen molar-refractivity contribution in [2.45, 2.75) is 34.1 Å². The fourth-order valence-electron chi connectivity index (χ4n) is 2.30. The maximum absolute atomic E-state index is 12.2. The number of anilines is 3. The van der Waals surface area contributed by atoms with E-state index in [4.69, 9.17) is 4.74 Å². The smallest absolute Gasteiger partial charge is 0.243 e. The molecule has 150 valence electrons. The van der Waals surface area contributed by atoms with Gasteiger partial charge < -0.3 is 20.7 Å². The van der Waals surface area contributed by atoms with Crippen molar-refractivity contribution in [1.82, 2.24) is 0 Å². The van der Waals surface area contributed by atoms with Crippen molar-refractivity contribution in [3.8, 4) is 5.75 Å². The number of rotatable bonds is 8. The van der Waals surface area contributed by atoms with Gasteiger partial charge in [-0.05, 0) is 36.8 Å². The normalized spacial score (nSPS) is 10.9. The molecule has 0 aliphatic carbocycles. The summed E-state index contributed by atoms with van der Waals surface area (Å²) in [6.45, 7) is 8.36. The molecule has 0 saturated carbocycles. The molecule has 0 aliphatic rings. The summed E-state index contributed by atoms with van der Waals surface area (Å²) in [5.41, 5.74) is 1.65. The molecule has 6 heteroatoms. The number of nitrogens with one attached hydrogen (secondary N) is 3. The van der Waals surface area contributed by atoms with Crippen molar-refractivity contribution in [2.75, 3.05) is 29.1 Å². The molecule has 2 aromatic rings. The molecular weight excluding hydrogens is 354 g/mol. The zero-order chi connectivity index (χ0) is 20.6. The Morgan fingerprint density at radius 3 is 2.25 bits per heavy atom. The average Bonchev–Trinajstić information content (AvgIpc) is 2.64. The lowest BCUT2D eigenvalue weighted by molar-refractivity contribution is -0.123. The van der Waals surface area contributed by atoms with E-state index in [2.05, 4.69) is 16.0 Å². The fourth-order valence-corrected chi connectivity index (χ4v) is 2.30. The predicted octanol–water partition coefficient (Wildman–Crippen LogP) is 4.51. The Morgan fingerprint density at radius 2 is 1.57 bits per heavy atom. The molecule has 0 heterocycles. The monoisotopic (exact) mass is 383 g/mol. The largest absolute Gasteiger partial charge is 0.494 e. The third-order valence-corrected chi connectivity index (χ3v) is 3.85. The van der Waals surface area contributed by atoms with Crippen LogP contribution in [0.4, 0.5) is 17.1 Å². The van der Waals surface area contributed by atoms with E-state index in [1.54, 1.807) is 12.1 Å². The minimum atomic E-state index is -0.474. The van der Waals surface area contributed by atoms with E-state index in [0.717, 1.165) is 17.9 Å². The minimum Gasteiger partial charge on any atom is -0.494 e. The van der Waals surface area contributed by atoms with E-state index >= 15 is 0 Å². The first kappa shape index (κ1) is 21.3. The second kappa shape index (κ2) is 9.78. The van der Waals surface area contributed by atoms with Crippen LogP contribution in [0, 0.1) is 5.41 Å². The maximum atomic E-state index is 12.2. The topological polar surface area (TPSA) is 79.5 Å². The highest BCUT2D eigenvalue weighted by molar-refractivity contribution is 5.95. The quantitative estimate of drug-likeness (QED) is 0.627. The average molecular weight is 383 g/mol. The Balaban J connectivity index is 1.89. The highest BCUT2D eigenvalue weighted by Crippen LogP contribution is 2.20. The Labute approximate surface area is 166 Å². The second-order valence-corrected chi connectivity index (χ2v) is 7.56. The van der Waals surface area contributed by atoms with Crippen molar-refractivity contribution in [3.05, 3.63) is 48.5 Å². The Hall–Kier alpha value is -3.02. The van der Waals surface area contributed by atoms with E-state index < -0.39 is 5.41 Å². The second-order valence-electron chi connectivity index (χ2n) is 7.56. The van der Waals surface area contributed by atoms with E-state index in [1.165, 1.54) is 0 Å². The van der Waals surface area contributed by atoms with Crippen LogP contribution in [-0.2, 0) is 9.59 Å². The molecule has 2 aromatic carbocycles. The summed E-state index contributed by atoms with van der Waals surface area (Å²) >= 11 is 0. The molecule has 0 aromatic heterocycles. The van der Waals surface area contributed by atoms with Crippen molar-refractivity contribution < 1.29 is 14.3 Å². The summed E-state index contributed by atoms with van der Waals surface area (Å²) in [5.74, 6) is 0.499. The van der Waals surface area contributed by atoms with E-state index in [0.29, 0.717) is 18.0 Å². The molecule has 0 bridgehead atoms. The molecule has 2 amide bonds. The lowest BCUT2D eigenvalue weighted by atomic mass is 9.95. The summed E-state index contributed by atoms with van der Waals surface area (Å²) in [7, 11) is 0. The third kappa shape index (κ3) is 6.95. The van der Waals surface area contributed by atoms with E-state index in [9.17, 15) is 9.59 Å². The van der Waals surface area contributed by atoms with Gasteiger partial charge in [0.25, 0.3) is 0 Å². The standard InChI is InChI=1S/C22H29N3O3/c1-5-12-28-19-11-7-10-18(14-19)24-20(26)15-23-16-8-6-9-17(13-16)25-21(27)22(2,3)4/h6-11,13-14,23H,5,12,15H2,1-4H3,(H,24,26)(H,25,27). The van der Waals surface area contributed by atoms with E-state index in [1.807, 2.05) is 64.1 Å². The number of amides is 2. The molecule has 0 fully saturated rings. The van der Waals surface area contributed by atoms with Gasteiger partial charge in [-0.1, -0.05) is 39.8 Å². The first-order valence-corrected chi connectivity index (χ1v) is 9.46. The van der Waals surface area contributed by atoms with Gasteiger partial charge >= 0.3 is 0 Å². The predicted molar refractivity (Wildman–Crippen MR) is 114 cm³/mol. The molecule has 0 saturated heterocycles. The highest BCUT2D eigenvalue weighted by Gasteiger charge is 2.21. The molecule has 2 rings (SSSR count). The zero-order valence-corrected chi connectivity index (χ0v) is 17.0. The Bertz CT molecular complexity index is 813. The van der Waals surface area contributed by atoms with Crippen LogP contribution in [-0.4, -0.2) is 25.0 Å². The number of ether oxygens (including phenoxy) is 1. The van der Waals surface area contributed by atoms with Gasteiger partial charge in [0.15, 0.2) is 0 Å². The molecule has 0 spiro atoms. The van der Waals surface area contributed by atoms with Gasteiger partial charge in [0.05, 0.1) is 13.2 Å². The number of carbonyl (C=O) groups excluding carboxylic acids is 2. The number of hydrogen-bond acceptors (Lipinski definition) is 4. The van der Waals surface area contributed by atoms with Crippen LogP contribution in [0.1, 0.15) is 34.1 Å². The van der Waals surface area contributed by atoms with Gasteiger partial charge in [0.2, 0.25) is 11.8 Å². The molecule has 0 aliphatic heterocycles.